The maximum Gasteiger partial charge on any atom is 0.0115 e. The summed E-state index contributed by atoms with van der Waals surface area (Å²) < 4.78 is 0. The zero-order valence-corrected chi connectivity index (χ0v) is 8.90. The number of hydrogen-bond acceptors (Lipinski definition) is 1. The zero-order valence-electron chi connectivity index (χ0n) is 8.08. The van der Waals surface area contributed by atoms with E-state index in [4.69, 9.17) is 5.73 Å². The molecule has 0 saturated heterocycles. The highest BCUT2D eigenvalue weighted by Gasteiger charge is 2.35. The van der Waals surface area contributed by atoms with Gasteiger partial charge in [0.1, 0.15) is 0 Å². The average Bonchev–Trinajstić information content (AvgIpc) is 2.66. The molecular weight excluding hydrogens is 182 g/mol. The lowest BCUT2D eigenvalue weighted by molar-refractivity contribution is 0.979. The van der Waals surface area contributed by atoms with Gasteiger partial charge in [0.2, 0.25) is 0 Å². The molecule has 0 spiro atoms. The number of nitrogens with two attached hydrogens (primary N) is 1. The van der Waals surface area contributed by atoms with Crippen LogP contribution in [0, 0.1) is 13.8 Å². The molecule has 72 valence electrons. The third-order valence-corrected chi connectivity index (χ3v) is 2.66. The van der Waals surface area contributed by atoms with Crippen molar-refractivity contribution in [2.45, 2.75) is 32.2 Å². The summed E-state index contributed by atoms with van der Waals surface area (Å²) in [6.07, 6.45) is 1.17. The Bertz CT molecular complexity index is 309. The van der Waals surface area contributed by atoms with Crippen LogP contribution in [0.5, 0.6) is 0 Å². The van der Waals surface area contributed by atoms with E-state index in [0.717, 1.165) is 0 Å². The van der Waals surface area contributed by atoms with Crippen LogP contribution >= 0.6 is 12.4 Å². The number of aryl methyl sites for hydroxylation is 2. The van der Waals surface area contributed by atoms with Gasteiger partial charge in [-0.2, -0.15) is 0 Å². The van der Waals surface area contributed by atoms with Crippen molar-refractivity contribution in [1.29, 1.82) is 0 Å². The molecule has 1 aromatic carbocycles. The molecule has 2 atom stereocenters. The van der Waals surface area contributed by atoms with Crippen LogP contribution < -0.4 is 5.73 Å². The van der Waals surface area contributed by atoms with E-state index in [1.165, 1.54) is 23.1 Å². The molecule has 0 unspecified atom stereocenters. The predicted molar refractivity (Wildman–Crippen MR) is 58.5 cm³/mol. The first-order valence-electron chi connectivity index (χ1n) is 4.51. The second kappa shape index (κ2) is 3.69. The molecule has 1 fully saturated rings. The second-order valence-electron chi connectivity index (χ2n) is 3.87. The van der Waals surface area contributed by atoms with Gasteiger partial charge in [0.15, 0.2) is 0 Å². The minimum absolute atomic E-state index is 0. The van der Waals surface area contributed by atoms with Crippen molar-refractivity contribution in [3.63, 3.8) is 0 Å². The molecule has 0 heterocycles. The van der Waals surface area contributed by atoms with Gasteiger partial charge in [0.05, 0.1) is 0 Å². The Morgan fingerprint density at radius 1 is 1.31 bits per heavy atom. The van der Waals surface area contributed by atoms with Gasteiger partial charge < -0.3 is 5.73 Å². The number of halogens is 1. The summed E-state index contributed by atoms with van der Waals surface area (Å²) in [6.45, 7) is 4.30. The van der Waals surface area contributed by atoms with Gasteiger partial charge in [-0.1, -0.05) is 23.8 Å². The average molecular weight is 198 g/mol. The Balaban J connectivity index is 0.000000845. The van der Waals surface area contributed by atoms with Crippen molar-refractivity contribution in [1.82, 2.24) is 0 Å². The first kappa shape index (κ1) is 10.6. The normalized spacial score (nSPS) is 25.2. The van der Waals surface area contributed by atoms with Crippen molar-refractivity contribution in [2.75, 3.05) is 0 Å². The van der Waals surface area contributed by atoms with Crippen molar-refractivity contribution in [3.05, 3.63) is 34.9 Å². The minimum Gasteiger partial charge on any atom is -0.327 e. The monoisotopic (exact) mass is 197 g/mol. The van der Waals surface area contributed by atoms with E-state index in [2.05, 4.69) is 32.0 Å². The molecule has 0 bridgehead atoms. The van der Waals surface area contributed by atoms with Crippen LogP contribution in [-0.2, 0) is 0 Å². The van der Waals surface area contributed by atoms with Crippen LogP contribution in [0.25, 0.3) is 0 Å². The van der Waals surface area contributed by atoms with E-state index < -0.39 is 0 Å². The van der Waals surface area contributed by atoms with E-state index in [9.17, 15) is 0 Å². The molecule has 0 aromatic heterocycles. The molecule has 2 heteroatoms. The highest BCUT2D eigenvalue weighted by atomic mass is 35.5. The fraction of sp³-hybridized carbons (Fsp3) is 0.455. The second-order valence-corrected chi connectivity index (χ2v) is 3.87. The summed E-state index contributed by atoms with van der Waals surface area (Å²) in [5.74, 6) is 0.644. The first-order valence-corrected chi connectivity index (χ1v) is 4.51. The van der Waals surface area contributed by atoms with Crippen molar-refractivity contribution in [3.8, 4) is 0 Å². The Morgan fingerprint density at radius 3 is 2.38 bits per heavy atom. The van der Waals surface area contributed by atoms with Crippen LogP contribution in [0.15, 0.2) is 18.2 Å². The molecule has 1 aliphatic rings. The maximum atomic E-state index is 5.81. The van der Waals surface area contributed by atoms with Crippen LogP contribution in [-0.4, -0.2) is 6.04 Å². The van der Waals surface area contributed by atoms with Crippen molar-refractivity contribution < 1.29 is 0 Å². The van der Waals surface area contributed by atoms with Crippen molar-refractivity contribution in [2.24, 2.45) is 5.73 Å². The Kier molecular flexibility index (Phi) is 2.99. The van der Waals surface area contributed by atoms with Crippen LogP contribution in [0.4, 0.5) is 0 Å². The Labute approximate surface area is 85.7 Å². The third kappa shape index (κ3) is 2.04. The van der Waals surface area contributed by atoms with E-state index in [0.29, 0.717) is 12.0 Å². The summed E-state index contributed by atoms with van der Waals surface area (Å²) in [7, 11) is 0. The smallest absolute Gasteiger partial charge is 0.0115 e. The molecule has 2 rings (SSSR count). The summed E-state index contributed by atoms with van der Waals surface area (Å²) in [6, 6.07) is 7.06. The summed E-state index contributed by atoms with van der Waals surface area (Å²) >= 11 is 0. The van der Waals surface area contributed by atoms with Crippen LogP contribution in [0.1, 0.15) is 29.0 Å². The predicted octanol–water partition coefficient (Wildman–Crippen LogP) is 2.54. The lowest BCUT2D eigenvalue weighted by Gasteiger charge is -2.04. The van der Waals surface area contributed by atoms with Gasteiger partial charge in [0, 0.05) is 12.0 Å². The molecular formula is C11H16ClN. The Hall–Kier alpha value is -0.530. The molecule has 2 N–H and O–H groups in total. The number of benzene rings is 1. The molecule has 13 heavy (non-hydrogen) atoms. The maximum absolute atomic E-state index is 5.81. The molecule has 1 aromatic rings. The fourth-order valence-corrected chi connectivity index (χ4v) is 1.81. The van der Waals surface area contributed by atoms with Crippen LogP contribution in [0.3, 0.4) is 0 Å². The molecule has 0 aliphatic heterocycles. The highest BCUT2D eigenvalue weighted by molar-refractivity contribution is 5.85. The van der Waals surface area contributed by atoms with Gasteiger partial charge in [-0.25, -0.2) is 0 Å². The quantitative estimate of drug-likeness (QED) is 0.736. The van der Waals surface area contributed by atoms with Crippen molar-refractivity contribution >= 4 is 12.4 Å². The highest BCUT2D eigenvalue weighted by Crippen LogP contribution is 2.40. The molecule has 1 nitrogen and oxygen atoms in total. The summed E-state index contributed by atoms with van der Waals surface area (Å²) in [5, 5.41) is 0. The van der Waals surface area contributed by atoms with Gasteiger partial charge in [-0.15, -0.1) is 12.4 Å². The first-order chi connectivity index (χ1) is 5.68. The third-order valence-electron chi connectivity index (χ3n) is 2.66. The lowest BCUT2D eigenvalue weighted by Crippen LogP contribution is -2.01. The topological polar surface area (TPSA) is 26.0 Å². The van der Waals surface area contributed by atoms with Gasteiger partial charge >= 0.3 is 0 Å². The SMILES string of the molecule is Cc1ccc([C@@H]2C[C@H]2N)c(C)c1.Cl. The molecule has 1 aliphatic carbocycles. The lowest BCUT2D eigenvalue weighted by atomic mass is 10.0. The fourth-order valence-electron chi connectivity index (χ4n) is 1.81. The largest absolute Gasteiger partial charge is 0.327 e. The number of hydrogen-bond donors (Lipinski definition) is 1. The minimum atomic E-state index is 0. The molecule has 1 saturated carbocycles. The van der Waals surface area contributed by atoms with E-state index in [-0.39, 0.29) is 12.4 Å². The van der Waals surface area contributed by atoms with Crippen LogP contribution in [0.2, 0.25) is 0 Å². The summed E-state index contributed by atoms with van der Waals surface area (Å²) in [4.78, 5) is 0. The summed E-state index contributed by atoms with van der Waals surface area (Å²) in [5.41, 5.74) is 9.99. The standard InChI is InChI=1S/C11H15N.ClH/c1-7-3-4-9(8(2)5-7)10-6-11(10)12;/h3-5,10-11H,6,12H2,1-2H3;1H/t10-,11+;/m0./s1. The Morgan fingerprint density at radius 2 is 1.92 bits per heavy atom. The molecule has 0 amide bonds. The van der Waals surface area contributed by atoms with E-state index in [1.807, 2.05) is 0 Å². The van der Waals surface area contributed by atoms with Gasteiger partial charge in [-0.3, -0.25) is 0 Å². The van der Waals surface area contributed by atoms with E-state index >= 15 is 0 Å². The molecule has 0 radical (unpaired) electrons. The zero-order chi connectivity index (χ0) is 8.72. The van der Waals surface area contributed by atoms with E-state index in [1.54, 1.807) is 0 Å². The van der Waals surface area contributed by atoms with Gasteiger partial charge in [0.25, 0.3) is 0 Å². The number of rotatable bonds is 1. The van der Waals surface area contributed by atoms with Gasteiger partial charge in [-0.05, 0) is 31.4 Å².